The third-order valence-electron chi connectivity index (χ3n) is 3.44. The largest absolute Gasteiger partial charge is 0.314 e. The molecule has 0 aromatic rings. The van der Waals surface area contributed by atoms with Gasteiger partial charge in [-0.2, -0.15) is 0 Å². The van der Waals surface area contributed by atoms with Crippen LogP contribution in [0.5, 0.6) is 0 Å². The molecule has 1 heteroatoms. The fourth-order valence-corrected chi connectivity index (χ4v) is 2.47. The van der Waals surface area contributed by atoms with E-state index in [2.05, 4.69) is 24.4 Å². The molecule has 1 heterocycles. The molecule has 0 radical (unpaired) electrons. The van der Waals surface area contributed by atoms with E-state index in [0.29, 0.717) is 5.41 Å². The molecule has 1 aliphatic heterocycles. The van der Waals surface area contributed by atoms with Crippen LogP contribution in [-0.2, 0) is 0 Å². The van der Waals surface area contributed by atoms with Crippen molar-refractivity contribution in [1.82, 2.24) is 5.32 Å². The lowest BCUT2D eigenvalue weighted by Gasteiger charge is -2.40. The summed E-state index contributed by atoms with van der Waals surface area (Å²) >= 11 is 0. The first-order valence-corrected chi connectivity index (χ1v) is 4.72. The van der Waals surface area contributed by atoms with E-state index >= 15 is 0 Å². The number of rotatable bonds is 0. The molecule has 2 aliphatic rings. The van der Waals surface area contributed by atoms with E-state index in [1.54, 1.807) is 0 Å². The molecule has 1 atom stereocenters. The van der Waals surface area contributed by atoms with E-state index in [1.807, 2.05) is 0 Å². The number of hydrogen-bond donors (Lipinski definition) is 1. The summed E-state index contributed by atoms with van der Waals surface area (Å²) in [5.74, 6) is 0. The van der Waals surface area contributed by atoms with Gasteiger partial charge in [0, 0.05) is 6.04 Å². The van der Waals surface area contributed by atoms with Gasteiger partial charge in [0.25, 0.3) is 0 Å². The molecule has 0 aromatic carbocycles. The van der Waals surface area contributed by atoms with Crippen molar-refractivity contribution in [2.24, 2.45) is 5.41 Å². The number of nitrogens with one attached hydrogen (secondary N) is 1. The van der Waals surface area contributed by atoms with Gasteiger partial charge in [-0.1, -0.05) is 12.2 Å². The van der Waals surface area contributed by atoms with Gasteiger partial charge in [0.15, 0.2) is 0 Å². The van der Waals surface area contributed by atoms with Gasteiger partial charge in [0.2, 0.25) is 0 Å². The number of hydrogen-bond acceptors (Lipinski definition) is 1. The van der Waals surface area contributed by atoms with Crippen LogP contribution in [0.25, 0.3) is 0 Å². The van der Waals surface area contributed by atoms with Crippen LogP contribution < -0.4 is 5.32 Å². The van der Waals surface area contributed by atoms with Crippen molar-refractivity contribution in [3.63, 3.8) is 0 Å². The third-order valence-corrected chi connectivity index (χ3v) is 3.44. The molecule has 1 unspecified atom stereocenters. The molecule has 1 spiro atoms. The van der Waals surface area contributed by atoms with Crippen molar-refractivity contribution >= 4 is 0 Å². The van der Waals surface area contributed by atoms with Crippen molar-refractivity contribution in [2.75, 3.05) is 6.54 Å². The summed E-state index contributed by atoms with van der Waals surface area (Å²) in [4.78, 5) is 0. The Labute approximate surface area is 68.9 Å². The Morgan fingerprint density at radius 2 is 2.09 bits per heavy atom. The molecule has 2 rings (SSSR count). The molecule has 1 N–H and O–H groups in total. The van der Waals surface area contributed by atoms with Crippen LogP contribution in [0, 0.1) is 5.41 Å². The lowest BCUT2D eigenvalue weighted by atomic mass is 9.73. The molecule has 0 saturated carbocycles. The third kappa shape index (κ3) is 1.12. The maximum absolute atomic E-state index is 3.57. The second-order valence-corrected chi connectivity index (χ2v) is 4.02. The van der Waals surface area contributed by atoms with Crippen LogP contribution in [-0.4, -0.2) is 12.6 Å². The highest BCUT2D eigenvalue weighted by Gasteiger charge is 2.37. The van der Waals surface area contributed by atoms with E-state index in [1.165, 1.54) is 32.2 Å². The second kappa shape index (κ2) is 2.63. The molecule has 0 aromatic heterocycles. The first kappa shape index (κ1) is 7.35. The quantitative estimate of drug-likeness (QED) is 0.523. The summed E-state index contributed by atoms with van der Waals surface area (Å²) in [5, 5.41) is 3.57. The summed E-state index contributed by atoms with van der Waals surface area (Å²) in [6, 6.07) is 0.728. The predicted molar refractivity (Wildman–Crippen MR) is 47.5 cm³/mol. The van der Waals surface area contributed by atoms with E-state index < -0.39 is 0 Å². The summed E-state index contributed by atoms with van der Waals surface area (Å²) in [7, 11) is 0. The van der Waals surface area contributed by atoms with Gasteiger partial charge in [-0.05, 0) is 44.6 Å². The average molecular weight is 151 g/mol. The van der Waals surface area contributed by atoms with Crippen LogP contribution in [0.15, 0.2) is 12.2 Å². The summed E-state index contributed by atoms with van der Waals surface area (Å²) in [6.07, 6.45) is 10.1. The number of piperidine rings is 1. The minimum absolute atomic E-state index is 0.609. The van der Waals surface area contributed by atoms with Crippen molar-refractivity contribution in [3.8, 4) is 0 Å². The highest BCUT2D eigenvalue weighted by molar-refractivity contribution is 5.07. The Morgan fingerprint density at radius 3 is 2.73 bits per heavy atom. The van der Waals surface area contributed by atoms with E-state index in [-0.39, 0.29) is 0 Å². The van der Waals surface area contributed by atoms with E-state index in [9.17, 15) is 0 Å². The maximum atomic E-state index is 3.57. The predicted octanol–water partition coefficient (Wildman–Crippen LogP) is 2.09. The lowest BCUT2D eigenvalue weighted by Crippen LogP contribution is -2.46. The monoisotopic (exact) mass is 151 g/mol. The van der Waals surface area contributed by atoms with Gasteiger partial charge >= 0.3 is 0 Å². The molecular weight excluding hydrogens is 134 g/mol. The SMILES string of the molecule is CC1NCCCC12CC=CC2. The first-order valence-electron chi connectivity index (χ1n) is 4.72. The fourth-order valence-electron chi connectivity index (χ4n) is 2.47. The van der Waals surface area contributed by atoms with Crippen molar-refractivity contribution < 1.29 is 0 Å². The highest BCUT2D eigenvalue weighted by atomic mass is 14.9. The summed E-state index contributed by atoms with van der Waals surface area (Å²) in [5.41, 5.74) is 0.609. The van der Waals surface area contributed by atoms with Gasteiger partial charge in [0.1, 0.15) is 0 Å². The fraction of sp³-hybridized carbons (Fsp3) is 0.800. The Balaban J connectivity index is 2.09. The average Bonchev–Trinajstić information content (AvgIpc) is 2.46. The van der Waals surface area contributed by atoms with Gasteiger partial charge in [0.05, 0.1) is 0 Å². The Bertz CT molecular complexity index is 164. The molecule has 0 bridgehead atoms. The molecule has 1 fully saturated rings. The second-order valence-electron chi connectivity index (χ2n) is 4.02. The smallest absolute Gasteiger partial charge is 0.0101 e. The van der Waals surface area contributed by atoms with E-state index in [0.717, 1.165) is 6.04 Å². The van der Waals surface area contributed by atoms with Crippen LogP contribution in [0.1, 0.15) is 32.6 Å². The van der Waals surface area contributed by atoms with Crippen molar-refractivity contribution in [3.05, 3.63) is 12.2 Å². The zero-order chi connectivity index (χ0) is 7.73. The van der Waals surface area contributed by atoms with Crippen molar-refractivity contribution in [2.45, 2.75) is 38.6 Å². The number of allylic oxidation sites excluding steroid dienone is 2. The highest BCUT2D eigenvalue weighted by Crippen LogP contribution is 2.42. The zero-order valence-corrected chi connectivity index (χ0v) is 7.27. The maximum Gasteiger partial charge on any atom is 0.0101 e. The minimum atomic E-state index is 0.609. The van der Waals surface area contributed by atoms with Crippen molar-refractivity contribution in [1.29, 1.82) is 0 Å². The molecule has 1 saturated heterocycles. The normalized spacial score (nSPS) is 34.8. The Kier molecular flexibility index (Phi) is 1.76. The van der Waals surface area contributed by atoms with E-state index in [4.69, 9.17) is 0 Å². The van der Waals surface area contributed by atoms with Crippen LogP contribution in [0.2, 0.25) is 0 Å². The summed E-state index contributed by atoms with van der Waals surface area (Å²) < 4.78 is 0. The molecule has 62 valence electrons. The molecule has 1 nitrogen and oxygen atoms in total. The van der Waals surface area contributed by atoms with Gasteiger partial charge in [-0.15, -0.1) is 0 Å². The molecule has 0 amide bonds. The zero-order valence-electron chi connectivity index (χ0n) is 7.27. The Morgan fingerprint density at radius 1 is 1.36 bits per heavy atom. The topological polar surface area (TPSA) is 12.0 Å². The van der Waals surface area contributed by atoms with Crippen LogP contribution in [0.4, 0.5) is 0 Å². The lowest BCUT2D eigenvalue weighted by molar-refractivity contribution is 0.160. The standard InChI is InChI=1S/C10H17N/c1-9-10(5-2-3-6-10)7-4-8-11-9/h2-3,9,11H,4-8H2,1H3. The minimum Gasteiger partial charge on any atom is -0.314 e. The van der Waals surface area contributed by atoms with Gasteiger partial charge in [-0.25, -0.2) is 0 Å². The van der Waals surface area contributed by atoms with Crippen LogP contribution in [0.3, 0.4) is 0 Å². The van der Waals surface area contributed by atoms with Crippen LogP contribution >= 0.6 is 0 Å². The van der Waals surface area contributed by atoms with Gasteiger partial charge < -0.3 is 5.32 Å². The van der Waals surface area contributed by atoms with Gasteiger partial charge in [-0.3, -0.25) is 0 Å². The molecule has 11 heavy (non-hydrogen) atoms. The summed E-state index contributed by atoms with van der Waals surface area (Å²) in [6.45, 7) is 3.56. The Hall–Kier alpha value is -0.300. The first-order chi connectivity index (χ1) is 5.33. The molecule has 1 aliphatic carbocycles. The molecular formula is C10H17N.